The standard InChI is InChI=1S/C20H31N5O/c1-15(14-25-17(3)12-16(2)24-25)13-23-20(21-4)22-11-10-18-8-6-7-9-19(18)26-5/h6-9,12,15H,10-11,13-14H2,1-5H3,(H2,21,22,23). The minimum atomic E-state index is 0.445. The molecule has 0 amide bonds. The minimum Gasteiger partial charge on any atom is -0.496 e. The summed E-state index contributed by atoms with van der Waals surface area (Å²) < 4.78 is 7.46. The van der Waals surface area contributed by atoms with Crippen molar-refractivity contribution in [2.24, 2.45) is 10.9 Å². The maximum atomic E-state index is 5.39. The third-order valence-electron chi connectivity index (χ3n) is 4.31. The van der Waals surface area contributed by atoms with Crippen molar-refractivity contribution in [2.75, 3.05) is 27.2 Å². The molecule has 1 unspecified atom stereocenters. The van der Waals surface area contributed by atoms with E-state index in [0.717, 1.165) is 43.5 Å². The van der Waals surface area contributed by atoms with Crippen molar-refractivity contribution in [3.63, 3.8) is 0 Å². The van der Waals surface area contributed by atoms with E-state index in [1.54, 1.807) is 14.2 Å². The molecular weight excluding hydrogens is 326 g/mol. The summed E-state index contributed by atoms with van der Waals surface area (Å²) in [4.78, 5) is 4.30. The number of aryl methyl sites for hydroxylation is 2. The summed E-state index contributed by atoms with van der Waals surface area (Å²) in [6.45, 7) is 8.87. The van der Waals surface area contributed by atoms with Crippen molar-refractivity contribution >= 4 is 5.96 Å². The van der Waals surface area contributed by atoms with E-state index in [9.17, 15) is 0 Å². The number of hydrogen-bond acceptors (Lipinski definition) is 3. The molecule has 0 fully saturated rings. The Hall–Kier alpha value is -2.50. The number of hydrogen-bond donors (Lipinski definition) is 2. The van der Waals surface area contributed by atoms with Crippen LogP contribution in [0.2, 0.25) is 0 Å². The Morgan fingerprint density at radius 1 is 1.27 bits per heavy atom. The molecule has 1 atom stereocenters. The molecule has 0 spiro atoms. The van der Waals surface area contributed by atoms with Crippen LogP contribution in [0.15, 0.2) is 35.3 Å². The summed E-state index contributed by atoms with van der Waals surface area (Å²) in [6.07, 6.45) is 0.881. The fraction of sp³-hybridized carbons (Fsp3) is 0.500. The van der Waals surface area contributed by atoms with Gasteiger partial charge >= 0.3 is 0 Å². The van der Waals surface area contributed by atoms with Gasteiger partial charge in [-0.1, -0.05) is 25.1 Å². The first-order chi connectivity index (χ1) is 12.5. The van der Waals surface area contributed by atoms with Crippen molar-refractivity contribution in [1.29, 1.82) is 0 Å². The third kappa shape index (κ3) is 5.79. The van der Waals surface area contributed by atoms with Gasteiger partial charge in [-0.05, 0) is 43.9 Å². The van der Waals surface area contributed by atoms with Crippen LogP contribution in [0.3, 0.4) is 0 Å². The number of para-hydroxylation sites is 1. The van der Waals surface area contributed by atoms with Crippen LogP contribution in [0.4, 0.5) is 0 Å². The van der Waals surface area contributed by atoms with Gasteiger partial charge in [-0.15, -0.1) is 0 Å². The highest BCUT2D eigenvalue weighted by molar-refractivity contribution is 5.79. The lowest BCUT2D eigenvalue weighted by Crippen LogP contribution is -2.40. The molecule has 142 valence electrons. The fourth-order valence-corrected chi connectivity index (χ4v) is 2.94. The molecular formula is C20H31N5O. The number of nitrogens with zero attached hydrogens (tertiary/aromatic N) is 3. The summed E-state index contributed by atoms with van der Waals surface area (Å²) in [5, 5.41) is 11.3. The Morgan fingerprint density at radius 3 is 2.69 bits per heavy atom. The zero-order valence-corrected chi connectivity index (χ0v) is 16.5. The van der Waals surface area contributed by atoms with E-state index in [-0.39, 0.29) is 0 Å². The van der Waals surface area contributed by atoms with Crippen LogP contribution in [-0.4, -0.2) is 43.0 Å². The van der Waals surface area contributed by atoms with Crippen molar-refractivity contribution in [3.8, 4) is 5.75 Å². The molecule has 6 nitrogen and oxygen atoms in total. The van der Waals surface area contributed by atoms with Crippen LogP contribution in [0.25, 0.3) is 0 Å². The Bertz CT molecular complexity index is 723. The van der Waals surface area contributed by atoms with Crippen LogP contribution < -0.4 is 15.4 Å². The summed E-state index contributed by atoms with van der Waals surface area (Å²) in [5.41, 5.74) is 3.46. The lowest BCUT2D eigenvalue weighted by atomic mass is 10.1. The van der Waals surface area contributed by atoms with Gasteiger partial charge in [-0.25, -0.2) is 0 Å². The zero-order valence-electron chi connectivity index (χ0n) is 16.5. The van der Waals surface area contributed by atoms with Crippen LogP contribution in [0.1, 0.15) is 23.9 Å². The van der Waals surface area contributed by atoms with Crippen LogP contribution >= 0.6 is 0 Å². The number of benzene rings is 1. The Morgan fingerprint density at radius 2 is 2.04 bits per heavy atom. The van der Waals surface area contributed by atoms with Gasteiger partial charge in [-0.2, -0.15) is 5.10 Å². The molecule has 6 heteroatoms. The number of ether oxygens (including phenoxy) is 1. The molecule has 0 saturated heterocycles. The number of aliphatic imine (C=N–C) groups is 1. The zero-order chi connectivity index (χ0) is 18.9. The highest BCUT2D eigenvalue weighted by atomic mass is 16.5. The van der Waals surface area contributed by atoms with Gasteiger partial charge < -0.3 is 15.4 Å². The molecule has 1 heterocycles. The van der Waals surface area contributed by atoms with Crippen LogP contribution in [0.5, 0.6) is 5.75 Å². The fourth-order valence-electron chi connectivity index (χ4n) is 2.94. The molecule has 1 aromatic heterocycles. The minimum absolute atomic E-state index is 0.445. The molecule has 0 saturated carbocycles. The van der Waals surface area contributed by atoms with Crippen LogP contribution in [0, 0.1) is 19.8 Å². The largest absolute Gasteiger partial charge is 0.496 e. The number of guanidine groups is 1. The second kappa shape index (κ2) is 9.85. The molecule has 0 aliphatic carbocycles. The van der Waals surface area contributed by atoms with Gasteiger partial charge in [0.2, 0.25) is 0 Å². The van der Waals surface area contributed by atoms with Gasteiger partial charge in [-0.3, -0.25) is 9.67 Å². The topological polar surface area (TPSA) is 63.5 Å². The average Bonchev–Trinajstić information content (AvgIpc) is 2.95. The van der Waals surface area contributed by atoms with Crippen molar-refractivity contribution in [3.05, 3.63) is 47.3 Å². The summed E-state index contributed by atoms with van der Waals surface area (Å²) in [6, 6.07) is 10.2. The maximum absolute atomic E-state index is 5.39. The summed E-state index contributed by atoms with van der Waals surface area (Å²) in [7, 11) is 3.50. The summed E-state index contributed by atoms with van der Waals surface area (Å²) in [5.74, 6) is 2.19. The smallest absolute Gasteiger partial charge is 0.190 e. The SMILES string of the molecule is CN=C(NCCc1ccccc1OC)NCC(C)Cn1nc(C)cc1C. The molecule has 2 rings (SSSR count). The first-order valence-electron chi connectivity index (χ1n) is 9.11. The second-order valence-electron chi connectivity index (χ2n) is 6.66. The molecule has 0 aliphatic heterocycles. The van der Waals surface area contributed by atoms with E-state index in [1.165, 1.54) is 11.3 Å². The normalized spacial score (nSPS) is 12.7. The molecule has 26 heavy (non-hydrogen) atoms. The molecule has 2 aromatic rings. The summed E-state index contributed by atoms with van der Waals surface area (Å²) >= 11 is 0. The lowest BCUT2D eigenvalue weighted by Gasteiger charge is -2.17. The predicted molar refractivity (Wildman–Crippen MR) is 107 cm³/mol. The Kier molecular flexibility index (Phi) is 7.51. The highest BCUT2D eigenvalue weighted by Gasteiger charge is 2.08. The monoisotopic (exact) mass is 357 g/mol. The van der Waals surface area contributed by atoms with Gasteiger partial charge in [0.15, 0.2) is 5.96 Å². The highest BCUT2D eigenvalue weighted by Crippen LogP contribution is 2.17. The van der Waals surface area contributed by atoms with E-state index >= 15 is 0 Å². The van der Waals surface area contributed by atoms with E-state index in [1.807, 2.05) is 25.1 Å². The predicted octanol–water partition coefficient (Wildman–Crippen LogP) is 2.55. The van der Waals surface area contributed by atoms with E-state index in [0.29, 0.717) is 5.92 Å². The number of aromatic nitrogens is 2. The Labute approximate surface area is 156 Å². The van der Waals surface area contributed by atoms with Crippen molar-refractivity contribution < 1.29 is 4.74 Å². The maximum Gasteiger partial charge on any atom is 0.190 e. The third-order valence-corrected chi connectivity index (χ3v) is 4.31. The first kappa shape index (κ1) is 19.8. The van der Waals surface area contributed by atoms with E-state index in [4.69, 9.17) is 4.74 Å². The van der Waals surface area contributed by atoms with Gasteiger partial charge in [0.25, 0.3) is 0 Å². The molecule has 0 bridgehead atoms. The number of nitrogens with one attached hydrogen (secondary N) is 2. The number of rotatable bonds is 8. The van der Waals surface area contributed by atoms with Crippen molar-refractivity contribution in [2.45, 2.75) is 33.7 Å². The average molecular weight is 358 g/mol. The van der Waals surface area contributed by atoms with Crippen molar-refractivity contribution in [1.82, 2.24) is 20.4 Å². The van der Waals surface area contributed by atoms with E-state index < -0.39 is 0 Å². The van der Waals surface area contributed by atoms with Gasteiger partial charge in [0, 0.05) is 32.4 Å². The molecule has 1 aromatic carbocycles. The molecule has 0 radical (unpaired) electrons. The second-order valence-corrected chi connectivity index (χ2v) is 6.66. The first-order valence-corrected chi connectivity index (χ1v) is 9.11. The van der Waals surface area contributed by atoms with Gasteiger partial charge in [0.05, 0.1) is 12.8 Å². The van der Waals surface area contributed by atoms with Crippen LogP contribution in [-0.2, 0) is 13.0 Å². The molecule has 2 N–H and O–H groups in total. The Balaban J connectivity index is 1.76. The molecule has 0 aliphatic rings. The number of methoxy groups -OCH3 is 1. The lowest BCUT2D eigenvalue weighted by molar-refractivity contribution is 0.409. The quantitative estimate of drug-likeness (QED) is 0.563. The van der Waals surface area contributed by atoms with E-state index in [2.05, 4.69) is 51.4 Å². The van der Waals surface area contributed by atoms with Gasteiger partial charge in [0.1, 0.15) is 5.75 Å².